The Kier molecular flexibility index (Phi) is 3.94. The molecule has 5 heteroatoms. The van der Waals surface area contributed by atoms with E-state index >= 15 is 0 Å². The number of benzene rings is 1. The van der Waals surface area contributed by atoms with Crippen molar-refractivity contribution in [2.45, 2.75) is 26.9 Å². The van der Waals surface area contributed by atoms with Gasteiger partial charge in [-0.05, 0) is 28.7 Å². The molecule has 2 aromatic rings. The molecule has 0 saturated heterocycles. The summed E-state index contributed by atoms with van der Waals surface area (Å²) < 4.78 is 39.7. The Hall–Kier alpha value is -2.04. The second-order valence-electron chi connectivity index (χ2n) is 5.88. The number of rotatable bonds is 2. The normalized spacial score (nSPS) is 13.5. The molecule has 0 fully saturated rings. The molecule has 2 rings (SSSR count). The maximum absolute atomic E-state index is 12.6. The Labute approximate surface area is 121 Å². The Morgan fingerprint density at radius 2 is 1.71 bits per heavy atom. The van der Waals surface area contributed by atoms with Crippen molar-refractivity contribution in [3.05, 3.63) is 54.1 Å². The fourth-order valence-electron chi connectivity index (χ4n) is 2.03. The number of nitrogens with zero attached hydrogens (tertiary/aromatic N) is 2. The van der Waals surface area contributed by atoms with Crippen LogP contribution in [0.25, 0.3) is 11.8 Å². The molecule has 2 nitrogen and oxygen atoms in total. The standard InChI is InChI=1S/C16H17F3N2/c1-15(2,3)14(10-21-9-8-20-11-21)12-4-6-13(7-5-12)16(17,18)19/h4-11H,1-3H3/b14-10+. The summed E-state index contributed by atoms with van der Waals surface area (Å²) in [6.07, 6.45) is 2.67. The molecule has 0 aliphatic heterocycles. The van der Waals surface area contributed by atoms with Crippen LogP contribution in [0, 0.1) is 5.41 Å². The Morgan fingerprint density at radius 1 is 1.10 bits per heavy atom. The lowest BCUT2D eigenvalue weighted by Gasteiger charge is -2.24. The SMILES string of the molecule is CC(C)(C)/C(=C/n1ccnc1)c1ccc(C(F)(F)F)cc1. The largest absolute Gasteiger partial charge is 0.416 e. The molecule has 0 unspecified atom stereocenters. The van der Waals surface area contributed by atoms with E-state index in [0.29, 0.717) is 0 Å². The number of imidazole rings is 1. The summed E-state index contributed by atoms with van der Waals surface area (Å²) in [5.74, 6) is 0. The lowest BCUT2D eigenvalue weighted by atomic mass is 9.82. The fraction of sp³-hybridized carbons (Fsp3) is 0.312. The summed E-state index contributed by atoms with van der Waals surface area (Å²) in [7, 11) is 0. The van der Waals surface area contributed by atoms with Crippen LogP contribution in [-0.4, -0.2) is 9.55 Å². The van der Waals surface area contributed by atoms with E-state index in [1.165, 1.54) is 12.1 Å². The van der Waals surface area contributed by atoms with Crippen LogP contribution in [0.5, 0.6) is 0 Å². The summed E-state index contributed by atoms with van der Waals surface area (Å²) >= 11 is 0. The van der Waals surface area contributed by atoms with Crippen LogP contribution in [0.1, 0.15) is 31.9 Å². The van der Waals surface area contributed by atoms with Gasteiger partial charge in [0.05, 0.1) is 11.9 Å². The molecule has 0 aliphatic rings. The van der Waals surface area contributed by atoms with Crippen molar-refractivity contribution in [2.75, 3.05) is 0 Å². The third-order valence-electron chi connectivity index (χ3n) is 3.13. The van der Waals surface area contributed by atoms with E-state index in [-0.39, 0.29) is 5.41 Å². The molecular weight excluding hydrogens is 277 g/mol. The van der Waals surface area contributed by atoms with E-state index in [2.05, 4.69) is 4.98 Å². The van der Waals surface area contributed by atoms with Crippen LogP contribution < -0.4 is 0 Å². The highest BCUT2D eigenvalue weighted by Gasteiger charge is 2.30. The molecule has 0 spiro atoms. The lowest BCUT2D eigenvalue weighted by Crippen LogP contribution is -2.10. The van der Waals surface area contributed by atoms with Crippen LogP contribution in [0.2, 0.25) is 0 Å². The Morgan fingerprint density at radius 3 is 2.14 bits per heavy atom. The Balaban J connectivity index is 2.44. The van der Waals surface area contributed by atoms with Gasteiger partial charge < -0.3 is 4.57 Å². The summed E-state index contributed by atoms with van der Waals surface area (Å²) in [5, 5.41) is 0. The van der Waals surface area contributed by atoms with Gasteiger partial charge in [-0.15, -0.1) is 0 Å². The van der Waals surface area contributed by atoms with Crippen molar-refractivity contribution in [1.82, 2.24) is 9.55 Å². The van der Waals surface area contributed by atoms with Crippen LogP contribution in [0.3, 0.4) is 0 Å². The monoisotopic (exact) mass is 294 g/mol. The molecule has 0 N–H and O–H groups in total. The van der Waals surface area contributed by atoms with Gasteiger partial charge in [0.25, 0.3) is 0 Å². The van der Waals surface area contributed by atoms with Gasteiger partial charge in [0.1, 0.15) is 0 Å². The molecule has 0 bridgehead atoms. The predicted molar refractivity (Wildman–Crippen MR) is 77.3 cm³/mol. The van der Waals surface area contributed by atoms with Gasteiger partial charge in [-0.25, -0.2) is 4.98 Å². The zero-order chi connectivity index (χ0) is 15.7. The van der Waals surface area contributed by atoms with Crippen molar-refractivity contribution in [3.63, 3.8) is 0 Å². The van der Waals surface area contributed by atoms with Gasteiger partial charge in [0.15, 0.2) is 0 Å². The number of alkyl halides is 3. The first-order chi connectivity index (χ1) is 9.68. The number of allylic oxidation sites excluding steroid dienone is 1. The number of hydrogen-bond donors (Lipinski definition) is 0. The van der Waals surface area contributed by atoms with E-state index < -0.39 is 11.7 Å². The first-order valence-corrected chi connectivity index (χ1v) is 6.55. The zero-order valence-corrected chi connectivity index (χ0v) is 12.1. The summed E-state index contributed by atoms with van der Waals surface area (Å²) in [5.41, 5.74) is 0.866. The number of halogens is 3. The maximum atomic E-state index is 12.6. The molecule has 112 valence electrons. The minimum Gasteiger partial charge on any atom is -0.313 e. The van der Waals surface area contributed by atoms with Crippen molar-refractivity contribution in [1.29, 1.82) is 0 Å². The van der Waals surface area contributed by atoms with Gasteiger partial charge in [-0.1, -0.05) is 32.9 Å². The van der Waals surface area contributed by atoms with Crippen molar-refractivity contribution < 1.29 is 13.2 Å². The van der Waals surface area contributed by atoms with Gasteiger partial charge in [-0.3, -0.25) is 0 Å². The average molecular weight is 294 g/mol. The smallest absolute Gasteiger partial charge is 0.313 e. The third-order valence-corrected chi connectivity index (χ3v) is 3.13. The summed E-state index contributed by atoms with van der Waals surface area (Å²) in [6.45, 7) is 6.06. The molecule has 21 heavy (non-hydrogen) atoms. The minimum absolute atomic E-state index is 0.204. The number of aromatic nitrogens is 2. The highest BCUT2D eigenvalue weighted by molar-refractivity contribution is 5.78. The Bertz CT molecular complexity index is 615. The van der Waals surface area contributed by atoms with E-state index in [0.717, 1.165) is 23.3 Å². The van der Waals surface area contributed by atoms with Gasteiger partial charge >= 0.3 is 6.18 Å². The van der Waals surface area contributed by atoms with Gasteiger partial charge in [0.2, 0.25) is 0 Å². The minimum atomic E-state index is -4.31. The van der Waals surface area contributed by atoms with Crippen molar-refractivity contribution in [3.8, 4) is 0 Å². The second kappa shape index (κ2) is 5.39. The molecule has 1 heterocycles. The zero-order valence-electron chi connectivity index (χ0n) is 12.1. The summed E-state index contributed by atoms with van der Waals surface area (Å²) in [4.78, 5) is 3.97. The topological polar surface area (TPSA) is 17.8 Å². The van der Waals surface area contributed by atoms with Crippen LogP contribution in [0.15, 0.2) is 43.0 Å². The van der Waals surface area contributed by atoms with Gasteiger partial charge in [-0.2, -0.15) is 13.2 Å². The van der Waals surface area contributed by atoms with E-state index in [9.17, 15) is 13.2 Å². The molecular formula is C16H17F3N2. The highest BCUT2D eigenvalue weighted by atomic mass is 19.4. The lowest BCUT2D eigenvalue weighted by molar-refractivity contribution is -0.137. The molecule has 0 radical (unpaired) electrons. The van der Waals surface area contributed by atoms with Crippen molar-refractivity contribution in [2.24, 2.45) is 5.41 Å². The van der Waals surface area contributed by atoms with E-state index in [4.69, 9.17) is 0 Å². The number of hydrogen-bond acceptors (Lipinski definition) is 1. The quantitative estimate of drug-likeness (QED) is 0.766. The fourth-order valence-corrected chi connectivity index (χ4v) is 2.03. The van der Waals surface area contributed by atoms with Crippen molar-refractivity contribution >= 4 is 11.8 Å². The van der Waals surface area contributed by atoms with E-state index in [1.807, 2.05) is 27.0 Å². The molecule has 1 aromatic carbocycles. The second-order valence-corrected chi connectivity index (χ2v) is 5.88. The maximum Gasteiger partial charge on any atom is 0.416 e. The molecule has 0 atom stereocenters. The van der Waals surface area contributed by atoms with Crippen LogP contribution in [0.4, 0.5) is 13.2 Å². The third kappa shape index (κ3) is 3.74. The first-order valence-electron chi connectivity index (χ1n) is 6.55. The van der Waals surface area contributed by atoms with E-state index in [1.54, 1.807) is 23.3 Å². The molecule has 0 saturated carbocycles. The molecule has 0 aliphatic carbocycles. The average Bonchev–Trinajstić information content (AvgIpc) is 2.86. The predicted octanol–water partition coefficient (Wildman–Crippen LogP) is 4.95. The highest BCUT2D eigenvalue weighted by Crippen LogP contribution is 2.36. The van der Waals surface area contributed by atoms with Crippen LogP contribution >= 0.6 is 0 Å². The first kappa shape index (κ1) is 15.4. The molecule has 1 aromatic heterocycles. The summed E-state index contributed by atoms with van der Waals surface area (Å²) in [6, 6.07) is 5.25. The van der Waals surface area contributed by atoms with Crippen LogP contribution in [-0.2, 0) is 6.18 Å². The van der Waals surface area contributed by atoms with Gasteiger partial charge in [0, 0.05) is 18.6 Å². The molecule has 0 amide bonds.